The van der Waals surface area contributed by atoms with Crippen LogP contribution in [0.15, 0.2) is 28.8 Å². The second-order valence-corrected chi connectivity index (χ2v) is 5.73. The number of hydrogen-bond acceptors (Lipinski definition) is 6. The summed E-state index contributed by atoms with van der Waals surface area (Å²) in [6.07, 6.45) is -3.75. The molecule has 1 saturated heterocycles. The molecule has 1 aromatic heterocycles. The summed E-state index contributed by atoms with van der Waals surface area (Å²) in [6, 6.07) is 4.30. The van der Waals surface area contributed by atoms with Gasteiger partial charge in [0.25, 0.3) is 5.89 Å². The Morgan fingerprint density at radius 2 is 2.04 bits per heavy atom. The van der Waals surface area contributed by atoms with Crippen LogP contribution in [0.1, 0.15) is 24.3 Å². The summed E-state index contributed by atoms with van der Waals surface area (Å²) in [5.74, 6) is -0.904. The molecule has 26 heavy (non-hydrogen) atoms. The standard InChI is InChI=1S/C16H14F3N3O4/c17-16(18,19)11-4-1-9(2-5-11)14-21-13(26-22-14)8-25-15(24)10-3-6-12(23)20-7-10/h1-2,4-5,10H,3,6-8H2,(H,20,23)/t10-/m1/s1. The lowest BCUT2D eigenvalue weighted by Gasteiger charge is -2.20. The number of hydrogen-bond donors (Lipinski definition) is 1. The van der Waals surface area contributed by atoms with Crippen LogP contribution in [0.2, 0.25) is 0 Å². The number of piperidine rings is 1. The number of carbonyl (C=O) groups is 2. The number of alkyl halides is 3. The van der Waals surface area contributed by atoms with Crippen LogP contribution >= 0.6 is 0 Å². The molecule has 10 heteroatoms. The molecule has 0 saturated carbocycles. The smallest absolute Gasteiger partial charge is 0.416 e. The van der Waals surface area contributed by atoms with Crippen molar-refractivity contribution in [1.29, 1.82) is 0 Å². The molecule has 0 unspecified atom stereocenters. The van der Waals surface area contributed by atoms with E-state index in [4.69, 9.17) is 9.26 Å². The first-order chi connectivity index (χ1) is 12.3. The maximum absolute atomic E-state index is 12.6. The van der Waals surface area contributed by atoms with Crippen LogP contribution < -0.4 is 5.32 Å². The van der Waals surface area contributed by atoms with Crippen LogP contribution in [0.4, 0.5) is 13.2 Å². The van der Waals surface area contributed by atoms with Crippen LogP contribution in [0.3, 0.4) is 0 Å². The molecule has 2 aromatic rings. The topological polar surface area (TPSA) is 94.3 Å². The van der Waals surface area contributed by atoms with E-state index in [-0.39, 0.29) is 37.2 Å². The number of esters is 1. The van der Waals surface area contributed by atoms with Gasteiger partial charge in [0.2, 0.25) is 11.7 Å². The normalized spacial score (nSPS) is 17.7. The zero-order valence-electron chi connectivity index (χ0n) is 13.4. The van der Waals surface area contributed by atoms with Gasteiger partial charge in [-0.25, -0.2) is 0 Å². The van der Waals surface area contributed by atoms with Crippen molar-refractivity contribution in [2.75, 3.05) is 6.54 Å². The van der Waals surface area contributed by atoms with Gasteiger partial charge in [-0.2, -0.15) is 18.2 Å². The Kier molecular flexibility index (Phi) is 4.92. The monoisotopic (exact) mass is 369 g/mol. The Hall–Kier alpha value is -2.91. The lowest BCUT2D eigenvalue weighted by atomic mass is 10.00. The number of carbonyl (C=O) groups excluding carboxylic acids is 2. The second kappa shape index (κ2) is 7.14. The highest BCUT2D eigenvalue weighted by Crippen LogP contribution is 2.30. The van der Waals surface area contributed by atoms with Crippen LogP contribution in [0.25, 0.3) is 11.4 Å². The van der Waals surface area contributed by atoms with Gasteiger partial charge in [0, 0.05) is 18.5 Å². The average molecular weight is 369 g/mol. The maximum Gasteiger partial charge on any atom is 0.416 e. The van der Waals surface area contributed by atoms with E-state index in [9.17, 15) is 22.8 Å². The molecular formula is C16H14F3N3O4. The van der Waals surface area contributed by atoms with Gasteiger partial charge >= 0.3 is 12.1 Å². The van der Waals surface area contributed by atoms with Crippen molar-refractivity contribution in [2.45, 2.75) is 25.6 Å². The molecule has 1 amide bonds. The molecule has 0 radical (unpaired) electrons. The minimum absolute atomic E-state index is 0.0214. The Morgan fingerprint density at radius 3 is 2.65 bits per heavy atom. The Morgan fingerprint density at radius 1 is 1.31 bits per heavy atom. The molecule has 1 aliphatic heterocycles. The predicted molar refractivity (Wildman–Crippen MR) is 80.3 cm³/mol. The molecular weight excluding hydrogens is 355 g/mol. The third kappa shape index (κ3) is 4.19. The van der Waals surface area contributed by atoms with Crippen molar-refractivity contribution in [3.8, 4) is 11.4 Å². The third-order valence-electron chi connectivity index (χ3n) is 3.88. The largest absolute Gasteiger partial charge is 0.455 e. The highest BCUT2D eigenvalue weighted by Gasteiger charge is 2.30. The SMILES string of the molecule is O=C1CC[C@@H](C(=O)OCc2nc(-c3ccc(C(F)(F)F)cc3)no2)CN1. The molecule has 2 heterocycles. The quantitative estimate of drug-likeness (QED) is 0.832. The molecule has 0 bridgehead atoms. The van der Waals surface area contributed by atoms with E-state index in [0.29, 0.717) is 12.0 Å². The van der Waals surface area contributed by atoms with Gasteiger partial charge in [-0.05, 0) is 18.6 Å². The highest BCUT2D eigenvalue weighted by molar-refractivity contribution is 5.80. The van der Waals surface area contributed by atoms with E-state index in [1.807, 2.05) is 0 Å². The number of rotatable bonds is 4. The van der Waals surface area contributed by atoms with Gasteiger partial charge in [0.15, 0.2) is 6.61 Å². The summed E-state index contributed by atoms with van der Waals surface area (Å²) in [5, 5.41) is 6.24. The van der Waals surface area contributed by atoms with E-state index in [1.165, 1.54) is 12.1 Å². The lowest BCUT2D eigenvalue weighted by Crippen LogP contribution is -2.39. The molecule has 0 aliphatic carbocycles. The van der Waals surface area contributed by atoms with Gasteiger partial charge < -0.3 is 14.6 Å². The highest BCUT2D eigenvalue weighted by atomic mass is 19.4. The van der Waals surface area contributed by atoms with Crippen molar-refractivity contribution >= 4 is 11.9 Å². The maximum atomic E-state index is 12.6. The molecule has 1 N–H and O–H groups in total. The molecule has 1 fully saturated rings. The van der Waals surface area contributed by atoms with Crippen molar-refractivity contribution in [3.05, 3.63) is 35.7 Å². The van der Waals surface area contributed by atoms with Gasteiger partial charge in [0.05, 0.1) is 11.5 Å². The number of aromatic nitrogens is 2. The second-order valence-electron chi connectivity index (χ2n) is 5.73. The van der Waals surface area contributed by atoms with Crippen molar-refractivity contribution in [1.82, 2.24) is 15.5 Å². The molecule has 7 nitrogen and oxygen atoms in total. The van der Waals surface area contributed by atoms with E-state index >= 15 is 0 Å². The van der Waals surface area contributed by atoms with Crippen molar-refractivity contribution < 1.29 is 32.0 Å². The number of amides is 1. The first-order valence-electron chi connectivity index (χ1n) is 7.76. The number of nitrogens with one attached hydrogen (secondary N) is 1. The summed E-state index contributed by atoms with van der Waals surface area (Å²) in [7, 11) is 0. The zero-order chi connectivity index (χ0) is 18.7. The van der Waals surface area contributed by atoms with Gasteiger partial charge in [0.1, 0.15) is 0 Å². The first kappa shape index (κ1) is 17.9. The molecule has 1 atom stereocenters. The third-order valence-corrected chi connectivity index (χ3v) is 3.88. The number of benzene rings is 1. The van der Waals surface area contributed by atoms with E-state index in [0.717, 1.165) is 12.1 Å². The van der Waals surface area contributed by atoms with E-state index in [1.54, 1.807) is 0 Å². The average Bonchev–Trinajstić information content (AvgIpc) is 3.09. The fourth-order valence-corrected chi connectivity index (χ4v) is 2.42. The summed E-state index contributed by atoms with van der Waals surface area (Å²) < 4.78 is 47.7. The fourth-order valence-electron chi connectivity index (χ4n) is 2.42. The summed E-state index contributed by atoms with van der Waals surface area (Å²) in [6.45, 7) is -0.0325. The van der Waals surface area contributed by atoms with Crippen molar-refractivity contribution in [2.24, 2.45) is 5.92 Å². The minimum Gasteiger partial charge on any atom is -0.455 e. The molecule has 3 rings (SSSR count). The van der Waals surface area contributed by atoms with Gasteiger partial charge in [-0.15, -0.1) is 0 Å². The minimum atomic E-state index is -4.42. The summed E-state index contributed by atoms with van der Waals surface area (Å²) >= 11 is 0. The summed E-state index contributed by atoms with van der Waals surface area (Å²) in [4.78, 5) is 27.0. The first-order valence-corrected chi connectivity index (χ1v) is 7.76. The molecule has 1 aliphatic rings. The Labute approximate surface area is 145 Å². The van der Waals surface area contributed by atoms with Crippen LogP contribution in [0.5, 0.6) is 0 Å². The molecule has 0 spiro atoms. The lowest BCUT2D eigenvalue weighted by molar-refractivity contribution is -0.151. The van der Waals surface area contributed by atoms with Crippen LogP contribution in [-0.4, -0.2) is 28.6 Å². The van der Waals surface area contributed by atoms with Crippen LogP contribution in [-0.2, 0) is 27.1 Å². The van der Waals surface area contributed by atoms with Crippen LogP contribution in [0, 0.1) is 5.92 Å². The number of ether oxygens (including phenoxy) is 1. The fraction of sp³-hybridized carbons (Fsp3) is 0.375. The van der Waals surface area contributed by atoms with Gasteiger partial charge in [-0.3, -0.25) is 9.59 Å². The van der Waals surface area contributed by atoms with E-state index in [2.05, 4.69) is 15.5 Å². The van der Waals surface area contributed by atoms with E-state index < -0.39 is 23.6 Å². The molecule has 1 aromatic carbocycles. The Balaban J connectivity index is 1.58. The summed E-state index contributed by atoms with van der Waals surface area (Å²) in [5.41, 5.74) is -0.437. The zero-order valence-corrected chi connectivity index (χ0v) is 13.4. The number of nitrogens with zero attached hydrogens (tertiary/aromatic N) is 2. The predicted octanol–water partition coefficient (Wildman–Crippen LogP) is 2.32. The van der Waals surface area contributed by atoms with Gasteiger partial charge in [-0.1, -0.05) is 17.3 Å². The number of halogens is 3. The molecule has 138 valence electrons. The Bertz CT molecular complexity index is 792. The van der Waals surface area contributed by atoms with Crippen molar-refractivity contribution in [3.63, 3.8) is 0 Å².